The molecule has 2 aliphatic rings. The third kappa shape index (κ3) is 6.54. The molecule has 2 amide bonds. The number of likely N-dealkylation sites (tertiary alicyclic amines) is 1. The molecular formula is C27H32F3N3O4. The van der Waals surface area contributed by atoms with Gasteiger partial charge in [-0.3, -0.25) is 14.5 Å². The van der Waals surface area contributed by atoms with Gasteiger partial charge in [-0.1, -0.05) is 18.2 Å². The number of benzene rings is 2. The summed E-state index contributed by atoms with van der Waals surface area (Å²) in [5.74, 6) is 0.685. The minimum absolute atomic E-state index is 0.0945. The van der Waals surface area contributed by atoms with Crippen LogP contribution in [0.5, 0.6) is 11.5 Å². The van der Waals surface area contributed by atoms with Crippen molar-refractivity contribution in [3.8, 4) is 11.5 Å². The molecule has 200 valence electrons. The lowest BCUT2D eigenvalue weighted by atomic mass is 10.0. The van der Waals surface area contributed by atoms with E-state index >= 15 is 0 Å². The van der Waals surface area contributed by atoms with Gasteiger partial charge in [0.05, 0.1) is 18.2 Å². The molecule has 4 rings (SSSR count). The molecule has 0 bridgehead atoms. The van der Waals surface area contributed by atoms with Crippen LogP contribution in [-0.2, 0) is 17.5 Å². The number of hydrogen-bond donors (Lipinski definition) is 0. The largest absolute Gasteiger partial charge is 0.493 e. The molecule has 0 spiro atoms. The van der Waals surface area contributed by atoms with E-state index in [1.54, 1.807) is 14.0 Å². The number of piperidine rings is 1. The number of amides is 2. The second-order valence-electron chi connectivity index (χ2n) is 9.42. The molecule has 2 fully saturated rings. The summed E-state index contributed by atoms with van der Waals surface area (Å²) in [6, 6.07) is 10.7. The number of rotatable bonds is 6. The molecule has 0 N–H and O–H groups in total. The van der Waals surface area contributed by atoms with Crippen LogP contribution in [-0.4, -0.2) is 79.0 Å². The van der Waals surface area contributed by atoms with Crippen molar-refractivity contribution in [1.82, 2.24) is 14.7 Å². The van der Waals surface area contributed by atoms with Crippen molar-refractivity contribution in [2.24, 2.45) is 0 Å². The van der Waals surface area contributed by atoms with Gasteiger partial charge >= 0.3 is 6.18 Å². The number of methoxy groups -OCH3 is 1. The first kappa shape index (κ1) is 26.8. The van der Waals surface area contributed by atoms with E-state index in [2.05, 4.69) is 4.90 Å². The van der Waals surface area contributed by atoms with Gasteiger partial charge in [0.2, 0.25) is 5.91 Å². The third-order valence-electron chi connectivity index (χ3n) is 6.94. The quantitative estimate of drug-likeness (QED) is 0.576. The molecule has 2 aromatic carbocycles. The zero-order chi connectivity index (χ0) is 26.6. The number of carbonyl (C=O) groups is 2. The monoisotopic (exact) mass is 519 g/mol. The van der Waals surface area contributed by atoms with Crippen LogP contribution in [0.25, 0.3) is 0 Å². The second-order valence-corrected chi connectivity index (χ2v) is 9.42. The molecule has 10 heteroatoms. The first-order valence-corrected chi connectivity index (χ1v) is 12.4. The Bertz CT molecular complexity index is 1110. The lowest BCUT2D eigenvalue weighted by Crippen LogP contribution is -2.47. The second kappa shape index (κ2) is 11.4. The average molecular weight is 520 g/mol. The maximum atomic E-state index is 13.4. The SMILES string of the molecule is COc1ccc(CN2CCN(C(C)=O)CC2)cc1OC1CCN(C(=O)c2ccccc2C(F)(F)F)CC1. The maximum Gasteiger partial charge on any atom is 0.417 e. The molecule has 0 atom stereocenters. The molecule has 0 aromatic heterocycles. The summed E-state index contributed by atoms with van der Waals surface area (Å²) in [4.78, 5) is 30.0. The van der Waals surface area contributed by atoms with Crippen molar-refractivity contribution in [2.75, 3.05) is 46.4 Å². The van der Waals surface area contributed by atoms with E-state index in [9.17, 15) is 22.8 Å². The van der Waals surface area contributed by atoms with E-state index in [-0.39, 0.29) is 17.6 Å². The van der Waals surface area contributed by atoms with Crippen LogP contribution < -0.4 is 9.47 Å². The van der Waals surface area contributed by atoms with Crippen molar-refractivity contribution in [3.63, 3.8) is 0 Å². The summed E-state index contributed by atoms with van der Waals surface area (Å²) in [6.45, 7) is 5.93. The number of alkyl halides is 3. The van der Waals surface area contributed by atoms with Crippen molar-refractivity contribution in [3.05, 3.63) is 59.2 Å². The Morgan fingerprint density at radius 2 is 1.59 bits per heavy atom. The Morgan fingerprint density at radius 3 is 2.22 bits per heavy atom. The van der Waals surface area contributed by atoms with Crippen LogP contribution in [0.3, 0.4) is 0 Å². The average Bonchev–Trinajstić information content (AvgIpc) is 2.89. The van der Waals surface area contributed by atoms with Crippen molar-refractivity contribution in [2.45, 2.75) is 38.6 Å². The van der Waals surface area contributed by atoms with Gasteiger partial charge in [0, 0.05) is 65.6 Å². The number of piperazine rings is 1. The normalized spacial score (nSPS) is 17.5. The van der Waals surface area contributed by atoms with E-state index in [0.29, 0.717) is 50.5 Å². The fourth-order valence-electron chi connectivity index (χ4n) is 4.83. The highest BCUT2D eigenvalue weighted by Gasteiger charge is 2.36. The highest BCUT2D eigenvalue weighted by atomic mass is 19.4. The molecule has 2 aromatic rings. The van der Waals surface area contributed by atoms with Crippen molar-refractivity contribution < 1.29 is 32.2 Å². The standard InChI is InChI=1S/C27H32F3N3O4/c1-19(34)32-15-13-31(14-16-32)18-20-7-8-24(36-2)25(17-20)37-21-9-11-33(12-10-21)26(35)22-5-3-4-6-23(22)27(28,29)30/h3-8,17,21H,9-16,18H2,1-2H3. The number of hydrogen-bond acceptors (Lipinski definition) is 5. The van der Waals surface area contributed by atoms with Gasteiger partial charge < -0.3 is 19.3 Å². The molecule has 2 heterocycles. The highest BCUT2D eigenvalue weighted by Crippen LogP contribution is 2.34. The first-order chi connectivity index (χ1) is 17.7. The van der Waals surface area contributed by atoms with Crippen molar-refractivity contribution in [1.29, 1.82) is 0 Å². The van der Waals surface area contributed by atoms with E-state index in [0.717, 1.165) is 31.3 Å². The maximum absolute atomic E-state index is 13.4. The summed E-state index contributed by atoms with van der Waals surface area (Å²) in [5.41, 5.74) is -0.182. The number of halogens is 3. The van der Waals surface area contributed by atoms with Crippen molar-refractivity contribution >= 4 is 11.8 Å². The van der Waals surface area contributed by atoms with E-state index in [1.807, 2.05) is 23.1 Å². The third-order valence-corrected chi connectivity index (χ3v) is 6.94. The Kier molecular flexibility index (Phi) is 8.26. The summed E-state index contributed by atoms with van der Waals surface area (Å²) < 4.78 is 51.8. The van der Waals surface area contributed by atoms with Crippen LogP contribution in [0.15, 0.2) is 42.5 Å². The molecule has 2 saturated heterocycles. The zero-order valence-electron chi connectivity index (χ0n) is 21.1. The van der Waals surface area contributed by atoms with Gasteiger partial charge in [-0.25, -0.2) is 0 Å². The van der Waals surface area contributed by atoms with Gasteiger partial charge in [-0.2, -0.15) is 13.2 Å². The summed E-state index contributed by atoms with van der Waals surface area (Å²) in [7, 11) is 1.57. The van der Waals surface area contributed by atoms with Crippen LogP contribution in [0.1, 0.15) is 41.3 Å². The van der Waals surface area contributed by atoms with E-state index in [4.69, 9.17) is 9.47 Å². The fourth-order valence-corrected chi connectivity index (χ4v) is 4.83. The van der Waals surface area contributed by atoms with E-state index < -0.39 is 17.6 Å². The van der Waals surface area contributed by atoms with Crippen LogP contribution in [0, 0.1) is 0 Å². The molecule has 0 saturated carbocycles. The molecule has 0 radical (unpaired) electrons. The van der Waals surface area contributed by atoms with Gasteiger partial charge in [0.1, 0.15) is 6.10 Å². The minimum atomic E-state index is -4.59. The number of carbonyl (C=O) groups excluding carboxylic acids is 2. The predicted molar refractivity (Wildman–Crippen MR) is 132 cm³/mol. The van der Waals surface area contributed by atoms with Gasteiger partial charge in [-0.05, 0) is 29.8 Å². The Hall–Kier alpha value is -3.27. The number of ether oxygens (including phenoxy) is 2. The molecule has 2 aliphatic heterocycles. The Morgan fingerprint density at radius 1 is 0.919 bits per heavy atom. The summed E-state index contributed by atoms with van der Waals surface area (Å²) >= 11 is 0. The topological polar surface area (TPSA) is 62.3 Å². The van der Waals surface area contributed by atoms with Gasteiger partial charge in [0.25, 0.3) is 5.91 Å². The number of nitrogens with zero attached hydrogens (tertiary/aromatic N) is 3. The molecule has 37 heavy (non-hydrogen) atoms. The predicted octanol–water partition coefficient (Wildman–Crippen LogP) is 4.06. The minimum Gasteiger partial charge on any atom is -0.493 e. The smallest absolute Gasteiger partial charge is 0.417 e. The summed E-state index contributed by atoms with van der Waals surface area (Å²) in [5, 5.41) is 0. The zero-order valence-corrected chi connectivity index (χ0v) is 21.1. The fraction of sp³-hybridized carbons (Fsp3) is 0.481. The van der Waals surface area contributed by atoms with Crippen LogP contribution in [0.2, 0.25) is 0 Å². The molecule has 0 unspecified atom stereocenters. The Balaban J connectivity index is 1.36. The molecule has 0 aliphatic carbocycles. The van der Waals surface area contributed by atoms with Gasteiger partial charge in [0.15, 0.2) is 11.5 Å². The molecular weight excluding hydrogens is 487 g/mol. The van der Waals surface area contributed by atoms with Crippen LogP contribution in [0.4, 0.5) is 13.2 Å². The summed E-state index contributed by atoms with van der Waals surface area (Å²) in [6.07, 6.45) is -3.78. The molecule has 7 nitrogen and oxygen atoms in total. The highest BCUT2D eigenvalue weighted by molar-refractivity contribution is 5.96. The van der Waals surface area contributed by atoms with Crippen LogP contribution >= 0.6 is 0 Å². The first-order valence-electron chi connectivity index (χ1n) is 12.4. The lowest BCUT2D eigenvalue weighted by molar-refractivity contribution is -0.138. The Labute approximate surface area is 214 Å². The van der Waals surface area contributed by atoms with E-state index in [1.165, 1.54) is 23.1 Å². The van der Waals surface area contributed by atoms with Gasteiger partial charge in [-0.15, -0.1) is 0 Å². The lowest BCUT2D eigenvalue weighted by Gasteiger charge is -2.34.